The third-order valence-electron chi connectivity index (χ3n) is 5.72. The van der Waals surface area contributed by atoms with E-state index < -0.39 is 0 Å². The number of hydrogen-bond donors (Lipinski definition) is 2. The standard InChI is InChI=1S/C19H32N6O/c1-15-8-10-24(13-17(15)25-11-9-21-14-25)19(20-2)22-12-18(26)23-16-6-4-3-5-7-16/h9,11,14-17H,3-8,10,12-13H2,1-2H3,(H,20,22)(H,23,26). The van der Waals surface area contributed by atoms with Gasteiger partial charge in [-0.1, -0.05) is 26.2 Å². The number of piperidine rings is 1. The average Bonchev–Trinajstić information content (AvgIpc) is 3.18. The number of aromatic nitrogens is 2. The maximum atomic E-state index is 12.3. The fraction of sp³-hybridized carbons (Fsp3) is 0.737. The van der Waals surface area contributed by atoms with Crippen molar-refractivity contribution in [3.8, 4) is 0 Å². The molecule has 1 amide bonds. The summed E-state index contributed by atoms with van der Waals surface area (Å²) in [5.74, 6) is 1.46. The van der Waals surface area contributed by atoms with Crippen LogP contribution in [-0.2, 0) is 4.79 Å². The SMILES string of the molecule is CN=C(NCC(=O)NC1CCCCC1)N1CCC(C)C(n2ccnc2)C1. The van der Waals surface area contributed by atoms with E-state index in [2.05, 4.69) is 37.0 Å². The Morgan fingerprint density at radius 1 is 1.27 bits per heavy atom. The summed E-state index contributed by atoms with van der Waals surface area (Å²) in [6.45, 7) is 4.40. The minimum Gasteiger partial charge on any atom is -0.352 e. The number of imidazole rings is 1. The van der Waals surface area contributed by atoms with Gasteiger partial charge in [-0.3, -0.25) is 9.79 Å². The van der Waals surface area contributed by atoms with E-state index in [1.54, 1.807) is 7.05 Å². The van der Waals surface area contributed by atoms with Gasteiger partial charge in [0.1, 0.15) is 0 Å². The minimum atomic E-state index is 0.0644. The molecule has 2 N–H and O–H groups in total. The third-order valence-corrected chi connectivity index (χ3v) is 5.72. The Balaban J connectivity index is 1.51. The molecule has 2 unspecified atom stereocenters. The molecule has 1 saturated heterocycles. The summed E-state index contributed by atoms with van der Waals surface area (Å²) in [4.78, 5) is 23.1. The molecule has 7 nitrogen and oxygen atoms in total. The van der Waals surface area contributed by atoms with Gasteiger partial charge in [-0.05, 0) is 25.2 Å². The van der Waals surface area contributed by atoms with Crippen LogP contribution in [0.2, 0.25) is 0 Å². The monoisotopic (exact) mass is 360 g/mol. The molecule has 2 aliphatic rings. The molecule has 1 saturated carbocycles. The zero-order valence-electron chi connectivity index (χ0n) is 16.0. The van der Waals surface area contributed by atoms with Crippen LogP contribution in [0, 0.1) is 5.92 Å². The van der Waals surface area contributed by atoms with E-state index in [1.807, 2.05) is 18.7 Å². The summed E-state index contributed by atoms with van der Waals surface area (Å²) >= 11 is 0. The summed E-state index contributed by atoms with van der Waals surface area (Å²) in [7, 11) is 1.78. The average molecular weight is 361 g/mol. The molecule has 0 spiro atoms. The van der Waals surface area contributed by atoms with E-state index in [4.69, 9.17) is 0 Å². The molecule has 1 aromatic rings. The normalized spacial score (nSPS) is 25.2. The van der Waals surface area contributed by atoms with Crippen molar-refractivity contribution in [1.82, 2.24) is 25.1 Å². The smallest absolute Gasteiger partial charge is 0.239 e. The molecule has 7 heteroatoms. The van der Waals surface area contributed by atoms with Crippen LogP contribution >= 0.6 is 0 Å². The molecule has 1 aromatic heterocycles. The second-order valence-corrected chi connectivity index (χ2v) is 7.59. The molecule has 1 aliphatic carbocycles. The topological polar surface area (TPSA) is 74.6 Å². The predicted molar refractivity (Wildman–Crippen MR) is 103 cm³/mol. The summed E-state index contributed by atoms with van der Waals surface area (Å²) in [6, 6.07) is 0.724. The maximum Gasteiger partial charge on any atom is 0.239 e. The van der Waals surface area contributed by atoms with Crippen LogP contribution in [0.25, 0.3) is 0 Å². The molecule has 2 heterocycles. The number of likely N-dealkylation sites (tertiary alicyclic amines) is 1. The number of hydrogen-bond acceptors (Lipinski definition) is 3. The predicted octanol–water partition coefficient (Wildman–Crippen LogP) is 1.79. The Hall–Kier alpha value is -2.05. The van der Waals surface area contributed by atoms with E-state index in [1.165, 1.54) is 19.3 Å². The number of nitrogens with one attached hydrogen (secondary N) is 2. The Morgan fingerprint density at radius 3 is 2.77 bits per heavy atom. The van der Waals surface area contributed by atoms with Crippen molar-refractivity contribution in [3.63, 3.8) is 0 Å². The highest BCUT2D eigenvalue weighted by molar-refractivity contribution is 5.86. The molecular weight excluding hydrogens is 328 g/mol. The lowest BCUT2D eigenvalue weighted by atomic mass is 9.93. The molecule has 3 rings (SSSR count). The molecule has 0 radical (unpaired) electrons. The molecule has 1 aliphatic heterocycles. The van der Waals surface area contributed by atoms with E-state index in [0.29, 0.717) is 18.0 Å². The van der Waals surface area contributed by atoms with Crippen LogP contribution in [0.5, 0.6) is 0 Å². The van der Waals surface area contributed by atoms with E-state index in [-0.39, 0.29) is 12.5 Å². The van der Waals surface area contributed by atoms with Gasteiger partial charge in [0, 0.05) is 38.6 Å². The van der Waals surface area contributed by atoms with E-state index in [9.17, 15) is 4.79 Å². The highest BCUT2D eigenvalue weighted by atomic mass is 16.2. The first kappa shape index (κ1) is 18.7. The van der Waals surface area contributed by atoms with Crippen LogP contribution in [0.15, 0.2) is 23.7 Å². The highest BCUT2D eigenvalue weighted by Crippen LogP contribution is 2.27. The maximum absolute atomic E-state index is 12.3. The van der Waals surface area contributed by atoms with Crippen LogP contribution in [0.3, 0.4) is 0 Å². The Kier molecular flexibility index (Phi) is 6.52. The van der Waals surface area contributed by atoms with Gasteiger partial charge in [-0.15, -0.1) is 0 Å². The van der Waals surface area contributed by atoms with Crippen molar-refractivity contribution >= 4 is 11.9 Å². The van der Waals surface area contributed by atoms with Gasteiger partial charge < -0.3 is 20.1 Å². The van der Waals surface area contributed by atoms with Gasteiger partial charge in [-0.2, -0.15) is 0 Å². The van der Waals surface area contributed by atoms with Crippen molar-refractivity contribution in [1.29, 1.82) is 0 Å². The fourth-order valence-corrected chi connectivity index (χ4v) is 4.11. The molecule has 0 bridgehead atoms. The number of amides is 1. The van der Waals surface area contributed by atoms with Gasteiger partial charge >= 0.3 is 0 Å². The Bertz CT molecular complexity index is 593. The quantitative estimate of drug-likeness (QED) is 0.634. The summed E-state index contributed by atoms with van der Waals surface area (Å²) < 4.78 is 2.18. The van der Waals surface area contributed by atoms with Crippen LogP contribution in [0.1, 0.15) is 51.5 Å². The van der Waals surface area contributed by atoms with Gasteiger partial charge in [0.25, 0.3) is 0 Å². The lowest BCUT2D eigenvalue weighted by Crippen LogP contribution is -2.51. The number of carbonyl (C=O) groups is 1. The number of aliphatic imine (C=N–C) groups is 1. The fourth-order valence-electron chi connectivity index (χ4n) is 4.11. The molecular formula is C19H32N6O. The van der Waals surface area contributed by atoms with Gasteiger partial charge in [0.05, 0.1) is 18.9 Å². The number of rotatable bonds is 4. The first-order valence-corrected chi connectivity index (χ1v) is 9.89. The summed E-state index contributed by atoms with van der Waals surface area (Å²) in [6.07, 6.45) is 12.8. The molecule has 144 valence electrons. The lowest BCUT2D eigenvalue weighted by molar-refractivity contribution is -0.120. The first-order valence-electron chi connectivity index (χ1n) is 9.89. The number of carbonyl (C=O) groups excluding carboxylic acids is 1. The zero-order valence-corrected chi connectivity index (χ0v) is 16.0. The Morgan fingerprint density at radius 2 is 2.08 bits per heavy atom. The van der Waals surface area contributed by atoms with Gasteiger partial charge in [0.2, 0.25) is 5.91 Å². The Labute approximate surface area is 156 Å². The number of nitrogens with zero attached hydrogens (tertiary/aromatic N) is 4. The van der Waals surface area contributed by atoms with Gasteiger partial charge in [-0.25, -0.2) is 4.98 Å². The third kappa shape index (κ3) is 4.77. The zero-order chi connectivity index (χ0) is 18.4. The number of guanidine groups is 1. The van der Waals surface area contributed by atoms with Crippen molar-refractivity contribution in [2.45, 2.75) is 57.5 Å². The van der Waals surface area contributed by atoms with Crippen molar-refractivity contribution < 1.29 is 4.79 Å². The van der Waals surface area contributed by atoms with Crippen LogP contribution in [-0.4, -0.2) is 59.0 Å². The second-order valence-electron chi connectivity index (χ2n) is 7.59. The van der Waals surface area contributed by atoms with Crippen molar-refractivity contribution in [3.05, 3.63) is 18.7 Å². The van der Waals surface area contributed by atoms with Crippen molar-refractivity contribution in [2.24, 2.45) is 10.9 Å². The molecule has 0 aromatic carbocycles. The van der Waals surface area contributed by atoms with E-state index in [0.717, 1.165) is 38.3 Å². The molecule has 2 atom stereocenters. The van der Waals surface area contributed by atoms with Crippen LogP contribution in [0.4, 0.5) is 0 Å². The van der Waals surface area contributed by atoms with Gasteiger partial charge in [0.15, 0.2) is 5.96 Å². The summed E-state index contributed by atoms with van der Waals surface area (Å²) in [5.41, 5.74) is 0. The second kappa shape index (κ2) is 9.05. The first-order chi connectivity index (χ1) is 12.7. The van der Waals surface area contributed by atoms with Crippen molar-refractivity contribution in [2.75, 3.05) is 26.7 Å². The summed E-state index contributed by atoms with van der Waals surface area (Å²) in [5, 5.41) is 6.40. The molecule has 26 heavy (non-hydrogen) atoms. The van der Waals surface area contributed by atoms with E-state index >= 15 is 0 Å². The van der Waals surface area contributed by atoms with Crippen LogP contribution < -0.4 is 10.6 Å². The molecule has 2 fully saturated rings. The highest BCUT2D eigenvalue weighted by Gasteiger charge is 2.29. The largest absolute Gasteiger partial charge is 0.352 e. The minimum absolute atomic E-state index is 0.0644. The lowest BCUT2D eigenvalue weighted by Gasteiger charge is -2.39.